The van der Waals surface area contributed by atoms with Gasteiger partial charge in [0.15, 0.2) is 0 Å². The van der Waals surface area contributed by atoms with Crippen LogP contribution in [0.15, 0.2) is 64.6 Å². The molecule has 176 valence electrons. The fraction of sp³-hybridized carbons (Fsp3) is 0.391. The highest BCUT2D eigenvalue weighted by atomic mass is 35.5. The second-order valence-corrected chi connectivity index (χ2v) is 8.51. The van der Waals surface area contributed by atoms with E-state index in [-0.39, 0.29) is 17.2 Å². The standard InChI is InChI=1S/C23H20ClF6N3/c24-17-13-11-16(12-14-17)20-32-21(22(25,26)27,23(28,29)30)31-19(15-7-3-1-4-8-15)33(20)18-9-5-2-6-10-18/h1,3-4,7-8,11-14,18H,2,5-6,9-10H2. The van der Waals surface area contributed by atoms with Crippen LogP contribution in [0.1, 0.15) is 43.2 Å². The van der Waals surface area contributed by atoms with Gasteiger partial charge in [-0.2, -0.15) is 26.3 Å². The molecule has 0 radical (unpaired) electrons. The molecule has 10 heteroatoms. The summed E-state index contributed by atoms with van der Waals surface area (Å²) in [5.41, 5.74) is -4.36. The zero-order valence-electron chi connectivity index (χ0n) is 17.3. The van der Waals surface area contributed by atoms with Gasteiger partial charge in [0.05, 0.1) is 0 Å². The quantitative estimate of drug-likeness (QED) is 0.428. The zero-order chi connectivity index (χ0) is 23.9. The Labute approximate surface area is 191 Å². The van der Waals surface area contributed by atoms with Gasteiger partial charge in [0.2, 0.25) is 0 Å². The van der Waals surface area contributed by atoms with Crippen LogP contribution in [-0.2, 0) is 0 Å². The molecule has 0 saturated heterocycles. The largest absolute Gasteiger partial charge is 0.443 e. The molecule has 2 aromatic carbocycles. The molecule has 0 amide bonds. The van der Waals surface area contributed by atoms with Crippen molar-refractivity contribution in [3.63, 3.8) is 0 Å². The summed E-state index contributed by atoms with van der Waals surface area (Å²) in [5.74, 6) is -0.806. The molecule has 1 aliphatic heterocycles. The number of amidine groups is 2. The van der Waals surface area contributed by atoms with Crippen molar-refractivity contribution in [3.05, 3.63) is 70.7 Å². The monoisotopic (exact) mass is 487 g/mol. The van der Waals surface area contributed by atoms with Gasteiger partial charge in [-0.3, -0.25) is 0 Å². The highest BCUT2D eigenvalue weighted by Gasteiger charge is 2.74. The Kier molecular flexibility index (Phi) is 6.20. The third kappa shape index (κ3) is 4.35. The van der Waals surface area contributed by atoms with E-state index in [2.05, 4.69) is 9.98 Å². The molecule has 0 atom stereocenters. The van der Waals surface area contributed by atoms with Gasteiger partial charge >= 0.3 is 18.0 Å². The van der Waals surface area contributed by atoms with Gasteiger partial charge in [-0.15, -0.1) is 0 Å². The molecule has 3 nitrogen and oxygen atoms in total. The van der Waals surface area contributed by atoms with E-state index in [9.17, 15) is 26.3 Å². The van der Waals surface area contributed by atoms with Gasteiger partial charge in [-0.25, -0.2) is 9.98 Å². The van der Waals surface area contributed by atoms with E-state index in [0.717, 1.165) is 19.3 Å². The molecule has 4 rings (SSSR count). The summed E-state index contributed by atoms with van der Waals surface area (Å²) in [7, 11) is 0. The van der Waals surface area contributed by atoms with Gasteiger partial charge in [0, 0.05) is 22.2 Å². The summed E-state index contributed by atoms with van der Waals surface area (Å²) in [4.78, 5) is 8.16. The average Bonchev–Trinajstić information content (AvgIpc) is 2.78. The molecule has 0 N–H and O–H groups in total. The van der Waals surface area contributed by atoms with Gasteiger partial charge in [-0.05, 0) is 37.1 Å². The van der Waals surface area contributed by atoms with Crippen LogP contribution in [0.4, 0.5) is 26.3 Å². The fourth-order valence-corrected chi connectivity index (χ4v) is 4.36. The number of rotatable bonds is 3. The Morgan fingerprint density at radius 1 is 0.727 bits per heavy atom. The Balaban J connectivity index is 2.02. The average molecular weight is 488 g/mol. The molecule has 0 spiro atoms. The highest BCUT2D eigenvalue weighted by Crippen LogP contribution is 2.50. The van der Waals surface area contributed by atoms with Gasteiger partial charge < -0.3 is 4.90 Å². The van der Waals surface area contributed by atoms with Gasteiger partial charge in [-0.1, -0.05) is 61.2 Å². The van der Waals surface area contributed by atoms with Crippen molar-refractivity contribution in [2.45, 2.75) is 56.2 Å². The molecule has 1 heterocycles. The minimum Gasteiger partial charge on any atom is -0.307 e. The lowest BCUT2D eigenvalue weighted by Crippen LogP contribution is -2.61. The first-order valence-corrected chi connectivity index (χ1v) is 10.8. The van der Waals surface area contributed by atoms with Crippen molar-refractivity contribution in [2.75, 3.05) is 0 Å². The van der Waals surface area contributed by atoms with E-state index in [4.69, 9.17) is 11.6 Å². The first-order chi connectivity index (χ1) is 15.5. The lowest BCUT2D eigenvalue weighted by Gasteiger charge is -2.43. The summed E-state index contributed by atoms with van der Waals surface area (Å²) in [6.45, 7) is 0. The summed E-state index contributed by atoms with van der Waals surface area (Å²) in [5, 5.41) is 0.300. The number of benzene rings is 2. The third-order valence-corrected chi connectivity index (χ3v) is 6.11. The van der Waals surface area contributed by atoms with Gasteiger partial charge in [0.1, 0.15) is 11.7 Å². The molecule has 2 aromatic rings. The predicted molar refractivity (Wildman–Crippen MR) is 115 cm³/mol. The van der Waals surface area contributed by atoms with Crippen LogP contribution in [0.25, 0.3) is 0 Å². The van der Waals surface area contributed by atoms with Crippen LogP contribution in [0.3, 0.4) is 0 Å². The molecule has 1 saturated carbocycles. The van der Waals surface area contributed by atoms with E-state index in [1.54, 1.807) is 18.2 Å². The predicted octanol–water partition coefficient (Wildman–Crippen LogP) is 7.00. The van der Waals surface area contributed by atoms with Crippen molar-refractivity contribution in [2.24, 2.45) is 9.98 Å². The maximum atomic E-state index is 14.1. The van der Waals surface area contributed by atoms with Crippen LogP contribution in [0.2, 0.25) is 5.02 Å². The fourth-order valence-electron chi connectivity index (χ4n) is 4.23. The molecular formula is C23H20ClF6N3. The normalized spacial score (nSPS) is 19.8. The lowest BCUT2D eigenvalue weighted by molar-refractivity contribution is -0.293. The molecule has 1 aliphatic carbocycles. The SMILES string of the molecule is FC(F)(F)C1(C(F)(F)F)N=C(c2ccccc2)N(C2CCCCC2)C(c2ccc(Cl)cc2)=N1. The van der Waals surface area contributed by atoms with Crippen molar-refractivity contribution in [3.8, 4) is 0 Å². The summed E-state index contributed by atoms with van der Waals surface area (Å²) in [6, 6.07) is 12.9. The Morgan fingerprint density at radius 2 is 1.21 bits per heavy atom. The minimum absolute atomic E-state index is 0.103. The molecule has 0 bridgehead atoms. The van der Waals surface area contributed by atoms with Crippen LogP contribution >= 0.6 is 11.6 Å². The number of nitrogens with zero attached hydrogens (tertiary/aromatic N) is 3. The van der Waals surface area contributed by atoms with Crippen molar-refractivity contribution in [1.29, 1.82) is 0 Å². The van der Waals surface area contributed by atoms with Crippen molar-refractivity contribution >= 4 is 23.3 Å². The summed E-state index contributed by atoms with van der Waals surface area (Å²) >= 11 is 5.92. The highest BCUT2D eigenvalue weighted by molar-refractivity contribution is 6.30. The molecule has 2 aliphatic rings. The van der Waals surface area contributed by atoms with Crippen LogP contribution < -0.4 is 0 Å². The maximum Gasteiger partial charge on any atom is 0.443 e. The van der Waals surface area contributed by atoms with Crippen LogP contribution in [-0.4, -0.2) is 40.6 Å². The lowest BCUT2D eigenvalue weighted by atomic mass is 9.92. The van der Waals surface area contributed by atoms with Crippen molar-refractivity contribution < 1.29 is 26.3 Å². The number of hydrogen-bond acceptors (Lipinski definition) is 3. The van der Waals surface area contributed by atoms with Gasteiger partial charge in [0.25, 0.3) is 0 Å². The summed E-state index contributed by atoms with van der Waals surface area (Å²) in [6.07, 6.45) is -7.84. The number of alkyl halides is 6. The second kappa shape index (κ2) is 8.66. The summed E-state index contributed by atoms with van der Waals surface area (Å²) < 4.78 is 84.8. The molecule has 33 heavy (non-hydrogen) atoms. The number of aliphatic imine (C=N–C) groups is 2. The van der Waals surface area contributed by atoms with Crippen LogP contribution in [0, 0.1) is 0 Å². The van der Waals surface area contributed by atoms with E-state index < -0.39 is 29.7 Å². The zero-order valence-corrected chi connectivity index (χ0v) is 18.1. The third-order valence-electron chi connectivity index (χ3n) is 5.86. The van der Waals surface area contributed by atoms with E-state index >= 15 is 0 Å². The van der Waals surface area contributed by atoms with E-state index in [0.29, 0.717) is 17.9 Å². The topological polar surface area (TPSA) is 28.0 Å². The van der Waals surface area contributed by atoms with Crippen LogP contribution in [0.5, 0.6) is 0 Å². The maximum absolute atomic E-state index is 14.1. The second-order valence-electron chi connectivity index (χ2n) is 8.07. The Hall–Kier alpha value is -2.55. The molecule has 0 unspecified atom stereocenters. The first-order valence-electron chi connectivity index (χ1n) is 10.5. The Bertz CT molecular complexity index is 1020. The molecular weight excluding hydrogens is 468 g/mol. The molecule has 1 fully saturated rings. The van der Waals surface area contributed by atoms with E-state index in [1.165, 1.54) is 41.3 Å². The Morgan fingerprint density at radius 3 is 1.70 bits per heavy atom. The first kappa shape index (κ1) is 23.6. The van der Waals surface area contributed by atoms with Crippen molar-refractivity contribution in [1.82, 2.24) is 4.90 Å². The smallest absolute Gasteiger partial charge is 0.307 e. The number of hydrogen-bond donors (Lipinski definition) is 0. The minimum atomic E-state index is -5.80. The van der Waals surface area contributed by atoms with E-state index in [1.807, 2.05) is 0 Å². The number of halogens is 7. The molecule has 0 aromatic heterocycles.